The molecule has 0 radical (unpaired) electrons. The highest BCUT2D eigenvalue weighted by molar-refractivity contribution is 8.01. The van der Waals surface area contributed by atoms with Crippen molar-refractivity contribution in [3.8, 4) is 0 Å². The van der Waals surface area contributed by atoms with Crippen LogP contribution in [0, 0.1) is 41.5 Å². The Kier molecular flexibility index (Phi) is 23.4. The predicted octanol–water partition coefficient (Wildman–Crippen LogP) is 9.08. The van der Waals surface area contributed by atoms with Crippen LogP contribution in [0.2, 0.25) is 0 Å². The molecule has 0 N–H and O–H groups in total. The molecule has 0 spiro atoms. The van der Waals surface area contributed by atoms with Crippen LogP contribution < -0.4 is 5.30 Å². The average Bonchev–Trinajstić information content (AvgIpc) is 3.26. The van der Waals surface area contributed by atoms with Gasteiger partial charge in [-0.1, -0.05) is 54.6 Å². The molecule has 11 nitrogen and oxygen atoms in total. The van der Waals surface area contributed by atoms with Gasteiger partial charge in [0.2, 0.25) is 18.2 Å². The topological polar surface area (TPSA) is 125 Å². The van der Waals surface area contributed by atoms with E-state index in [4.69, 9.17) is 37.9 Å². The minimum atomic E-state index is -4.65. The van der Waals surface area contributed by atoms with E-state index in [1.54, 1.807) is 54.6 Å². The maximum Gasteiger partial charge on any atom is 0.248 e. The molecule has 3 aromatic rings. The lowest BCUT2D eigenvalue weighted by atomic mass is 9.89. The first-order valence-electron chi connectivity index (χ1n) is 21.0. The SMILES string of the molecule is C=CCOCCOCc1c(C)c(COCCOCC=C)c(C)c(C(=O)P(=O)(C(=O)c2c(C)c(COCCOCC=C)c(C)c(COCCOCC=C)c2C)c2ccccc2)c1C. The first kappa shape index (κ1) is 52.2. The minimum Gasteiger partial charge on any atom is -0.375 e. The van der Waals surface area contributed by atoms with E-state index in [1.165, 1.54) is 0 Å². The average molecular weight is 875 g/mol. The van der Waals surface area contributed by atoms with E-state index in [1.807, 2.05) is 41.5 Å². The molecule has 0 heterocycles. The van der Waals surface area contributed by atoms with Crippen molar-refractivity contribution < 1.29 is 52.0 Å². The molecule has 12 heteroatoms. The lowest BCUT2D eigenvalue weighted by molar-refractivity contribution is 0.0478. The highest BCUT2D eigenvalue weighted by atomic mass is 31.2. The molecular weight excluding hydrogens is 808 g/mol. The van der Waals surface area contributed by atoms with Crippen LogP contribution in [0.25, 0.3) is 0 Å². The number of ether oxygens (including phenoxy) is 8. The molecule has 0 aromatic heterocycles. The van der Waals surface area contributed by atoms with Gasteiger partial charge in [-0.2, -0.15) is 0 Å². The molecule has 0 bridgehead atoms. The van der Waals surface area contributed by atoms with Gasteiger partial charge in [0.15, 0.2) is 0 Å². The molecule has 0 amide bonds. The van der Waals surface area contributed by atoms with Gasteiger partial charge >= 0.3 is 0 Å². The summed E-state index contributed by atoms with van der Waals surface area (Å²) in [5, 5.41) is 0.136. The van der Waals surface area contributed by atoms with Crippen LogP contribution in [-0.2, 0) is 68.9 Å². The lowest BCUT2D eigenvalue weighted by Crippen LogP contribution is -2.25. The smallest absolute Gasteiger partial charge is 0.248 e. The molecule has 62 heavy (non-hydrogen) atoms. The second kappa shape index (κ2) is 27.8. The first-order valence-corrected chi connectivity index (χ1v) is 22.7. The Morgan fingerprint density at radius 1 is 0.435 bits per heavy atom. The van der Waals surface area contributed by atoms with Gasteiger partial charge in [-0.25, -0.2) is 0 Å². The quantitative estimate of drug-likeness (QED) is 0.0331. The molecule has 3 rings (SSSR count). The Balaban J connectivity index is 2.25. The number of hydrogen-bond acceptors (Lipinski definition) is 11. The second-order valence-corrected chi connectivity index (χ2v) is 17.2. The van der Waals surface area contributed by atoms with Crippen molar-refractivity contribution in [3.05, 3.63) is 148 Å². The van der Waals surface area contributed by atoms with Gasteiger partial charge < -0.3 is 42.5 Å². The van der Waals surface area contributed by atoms with Crippen molar-refractivity contribution in [1.29, 1.82) is 0 Å². The summed E-state index contributed by atoms with van der Waals surface area (Å²) in [6.07, 6.45) is 6.67. The molecule has 0 aliphatic carbocycles. The van der Waals surface area contributed by atoms with Crippen molar-refractivity contribution >= 4 is 23.5 Å². The van der Waals surface area contributed by atoms with Crippen LogP contribution in [-0.4, -0.2) is 90.3 Å². The van der Waals surface area contributed by atoms with Crippen molar-refractivity contribution in [2.75, 3.05) is 79.3 Å². The molecule has 3 aromatic carbocycles. The maximum atomic E-state index is 16.2. The fourth-order valence-corrected chi connectivity index (χ4v) is 9.82. The monoisotopic (exact) mass is 874 g/mol. The second-order valence-electron chi connectivity index (χ2n) is 14.6. The first-order chi connectivity index (χ1) is 29.9. The van der Waals surface area contributed by atoms with E-state index in [-0.39, 0.29) is 42.9 Å². The van der Waals surface area contributed by atoms with Crippen molar-refractivity contribution in [2.45, 2.75) is 68.0 Å². The summed E-state index contributed by atoms with van der Waals surface area (Å²) in [5.74, 6) is 0. The Morgan fingerprint density at radius 2 is 0.694 bits per heavy atom. The van der Waals surface area contributed by atoms with Gasteiger partial charge in [0.05, 0.1) is 106 Å². The van der Waals surface area contributed by atoms with E-state index >= 15 is 14.2 Å². The fraction of sp³-hybridized carbons (Fsp3) is 0.440. The van der Waals surface area contributed by atoms with Crippen LogP contribution in [0.5, 0.6) is 0 Å². The van der Waals surface area contributed by atoms with E-state index < -0.39 is 18.2 Å². The highest BCUT2D eigenvalue weighted by Crippen LogP contribution is 2.54. The van der Waals surface area contributed by atoms with Crippen LogP contribution in [0.3, 0.4) is 0 Å². The summed E-state index contributed by atoms with van der Waals surface area (Å²) in [6, 6.07) is 8.33. The Morgan fingerprint density at radius 3 is 0.952 bits per heavy atom. The summed E-state index contributed by atoms with van der Waals surface area (Å²) in [7, 11) is -4.65. The number of rotatable bonds is 33. The summed E-state index contributed by atoms with van der Waals surface area (Å²) in [4.78, 5) is 31.1. The van der Waals surface area contributed by atoms with Crippen molar-refractivity contribution in [1.82, 2.24) is 0 Å². The Bertz CT molecular complexity index is 1810. The molecule has 0 saturated carbocycles. The van der Waals surface area contributed by atoms with Crippen LogP contribution >= 0.6 is 7.14 Å². The third-order valence-electron chi connectivity index (χ3n) is 10.7. The van der Waals surface area contributed by atoms with Gasteiger partial charge in [0.1, 0.15) is 0 Å². The zero-order valence-electron chi connectivity index (χ0n) is 37.8. The molecule has 0 unspecified atom stereocenters. The Hall–Kier alpha value is -4.13. The van der Waals surface area contributed by atoms with Crippen LogP contribution in [0.1, 0.15) is 76.4 Å². The van der Waals surface area contributed by atoms with Gasteiger partial charge in [0.25, 0.3) is 0 Å². The standard InChI is InChI=1S/C50H67O11P/c1-11-20-54-24-28-58-32-43-36(5)44(33-59-29-25-55-21-12-2)39(8)47(38(43)7)49(51)62(53,42-18-16-15-17-19-42)50(52)48-40(9)45(34-60-30-26-56-22-13-3)37(6)46(41(48)10)35-61-31-27-57-23-14-4/h11-19H,1-4,20-35H2,5-10H3. The van der Waals surface area contributed by atoms with Crippen LogP contribution in [0.15, 0.2) is 81.0 Å². The number of carbonyl (C=O) groups is 2. The van der Waals surface area contributed by atoms with Gasteiger partial charge in [0, 0.05) is 16.4 Å². The fourth-order valence-electron chi connectivity index (χ4n) is 7.28. The minimum absolute atomic E-state index is 0.136. The number of hydrogen-bond donors (Lipinski definition) is 0. The van der Waals surface area contributed by atoms with E-state index in [9.17, 15) is 0 Å². The highest BCUT2D eigenvalue weighted by Gasteiger charge is 2.46. The van der Waals surface area contributed by atoms with E-state index in [0.29, 0.717) is 102 Å². The predicted molar refractivity (Wildman–Crippen MR) is 246 cm³/mol. The normalized spacial score (nSPS) is 11.5. The zero-order valence-corrected chi connectivity index (χ0v) is 38.7. The number of carbonyl (C=O) groups excluding carboxylic acids is 2. The molecule has 0 aliphatic heterocycles. The molecule has 0 fully saturated rings. The largest absolute Gasteiger partial charge is 0.375 e. The molecule has 0 atom stereocenters. The maximum absolute atomic E-state index is 16.2. The van der Waals surface area contributed by atoms with Gasteiger partial charge in [-0.3, -0.25) is 9.59 Å². The van der Waals surface area contributed by atoms with Crippen molar-refractivity contribution in [2.24, 2.45) is 0 Å². The third-order valence-corrected chi connectivity index (χ3v) is 13.3. The van der Waals surface area contributed by atoms with E-state index in [0.717, 1.165) is 33.4 Å². The third kappa shape index (κ3) is 13.9. The number of benzene rings is 3. The lowest BCUT2D eigenvalue weighted by Gasteiger charge is -2.27. The van der Waals surface area contributed by atoms with Crippen LogP contribution in [0.4, 0.5) is 0 Å². The summed E-state index contributed by atoms with van der Waals surface area (Å²) >= 11 is 0. The molecular formula is C50H67O11P. The molecule has 0 aliphatic rings. The van der Waals surface area contributed by atoms with Gasteiger partial charge in [-0.15, -0.1) is 26.3 Å². The molecule has 338 valence electrons. The molecule has 0 saturated heterocycles. The summed E-state index contributed by atoms with van der Waals surface area (Å²) in [5.41, 5.74) is 5.93. The summed E-state index contributed by atoms with van der Waals surface area (Å²) < 4.78 is 62.6. The summed E-state index contributed by atoms with van der Waals surface area (Å²) in [6.45, 7) is 30.7. The zero-order chi connectivity index (χ0) is 45.5. The Labute approximate surface area is 369 Å². The van der Waals surface area contributed by atoms with Gasteiger partial charge in [-0.05, 0) is 97.2 Å². The van der Waals surface area contributed by atoms with Crippen molar-refractivity contribution in [3.63, 3.8) is 0 Å². The van der Waals surface area contributed by atoms with E-state index in [2.05, 4.69) is 26.3 Å².